The van der Waals surface area contributed by atoms with Crippen LogP contribution in [0, 0.1) is 0 Å². The number of aromatic nitrogens is 2. The van der Waals surface area contributed by atoms with Crippen molar-refractivity contribution in [3.05, 3.63) is 11.9 Å². The highest BCUT2D eigenvalue weighted by Crippen LogP contribution is 2.20. The Morgan fingerprint density at radius 3 is 2.44 bits per heavy atom. The summed E-state index contributed by atoms with van der Waals surface area (Å²) in [5.41, 5.74) is 1.12. The van der Waals surface area contributed by atoms with Gasteiger partial charge in [-0.25, -0.2) is 9.97 Å². The Hall–Kier alpha value is -1.36. The SMILES string of the molecule is CCNc1ncnc(NCCCC(C)O)c1CC. The summed E-state index contributed by atoms with van der Waals surface area (Å²) in [7, 11) is 0. The van der Waals surface area contributed by atoms with Crippen LogP contribution < -0.4 is 10.6 Å². The molecule has 1 aromatic heterocycles. The molecule has 0 aromatic carbocycles. The molecule has 1 rings (SSSR count). The van der Waals surface area contributed by atoms with Crippen LogP contribution in [-0.2, 0) is 6.42 Å². The van der Waals surface area contributed by atoms with Crippen molar-refractivity contribution in [2.45, 2.75) is 46.1 Å². The van der Waals surface area contributed by atoms with E-state index in [4.69, 9.17) is 0 Å². The maximum atomic E-state index is 9.20. The van der Waals surface area contributed by atoms with E-state index in [0.717, 1.165) is 49.6 Å². The van der Waals surface area contributed by atoms with E-state index in [2.05, 4.69) is 34.4 Å². The van der Waals surface area contributed by atoms with Gasteiger partial charge in [0.05, 0.1) is 6.10 Å². The molecule has 1 heterocycles. The van der Waals surface area contributed by atoms with Crippen LogP contribution in [0.1, 0.15) is 39.2 Å². The molecule has 18 heavy (non-hydrogen) atoms. The molecule has 0 radical (unpaired) electrons. The van der Waals surface area contributed by atoms with E-state index in [9.17, 15) is 5.11 Å². The zero-order chi connectivity index (χ0) is 13.4. The standard InChI is InChI=1S/C13H24N4O/c1-4-11-12(14-5-2)16-9-17-13(11)15-8-6-7-10(3)18/h9-10,18H,4-8H2,1-3H3,(H2,14,15,16,17). The summed E-state index contributed by atoms with van der Waals surface area (Å²) in [5.74, 6) is 1.81. The number of aliphatic hydroxyl groups is 1. The first-order valence-corrected chi connectivity index (χ1v) is 6.68. The predicted octanol–water partition coefficient (Wildman–Crippen LogP) is 2.04. The average molecular weight is 252 g/mol. The van der Waals surface area contributed by atoms with E-state index < -0.39 is 0 Å². The lowest BCUT2D eigenvalue weighted by Gasteiger charge is -2.13. The second-order valence-electron chi connectivity index (χ2n) is 4.35. The van der Waals surface area contributed by atoms with Crippen molar-refractivity contribution in [2.24, 2.45) is 0 Å². The largest absolute Gasteiger partial charge is 0.393 e. The van der Waals surface area contributed by atoms with Gasteiger partial charge in [-0.05, 0) is 33.1 Å². The number of anilines is 2. The zero-order valence-corrected chi connectivity index (χ0v) is 11.5. The molecule has 0 saturated carbocycles. The van der Waals surface area contributed by atoms with Gasteiger partial charge in [-0.15, -0.1) is 0 Å². The molecule has 0 aliphatic carbocycles. The Labute approximate surface area is 109 Å². The first-order chi connectivity index (χ1) is 8.69. The van der Waals surface area contributed by atoms with Crippen LogP contribution >= 0.6 is 0 Å². The number of hydrogen-bond acceptors (Lipinski definition) is 5. The van der Waals surface area contributed by atoms with Crippen molar-refractivity contribution in [2.75, 3.05) is 23.7 Å². The number of nitrogens with one attached hydrogen (secondary N) is 2. The Bertz CT molecular complexity index is 355. The van der Waals surface area contributed by atoms with Gasteiger partial charge in [-0.2, -0.15) is 0 Å². The fourth-order valence-corrected chi connectivity index (χ4v) is 1.82. The molecule has 0 fully saturated rings. The molecular weight excluding hydrogens is 228 g/mol. The fourth-order valence-electron chi connectivity index (χ4n) is 1.82. The van der Waals surface area contributed by atoms with Gasteiger partial charge in [0.15, 0.2) is 0 Å². The second kappa shape index (κ2) is 7.87. The molecule has 0 saturated heterocycles. The second-order valence-corrected chi connectivity index (χ2v) is 4.35. The summed E-state index contributed by atoms with van der Waals surface area (Å²) in [6.07, 6.45) is 3.97. The van der Waals surface area contributed by atoms with Crippen molar-refractivity contribution >= 4 is 11.6 Å². The van der Waals surface area contributed by atoms with E-state index in [1.54, 1.807) is 6.33 Å². The highest BCUT2D eigenvalue weighted by atomic mass is 16.3. The Morgan fingerprint density at radius 2 is 1.89 bits per heavy atom. The third-order valence-corrected chi connectivity index (χ3v) is 2.73. The quantitative estimate of drug-likeness (QED) is 0.618. The van der Waals surface area contributed by atoms with Crippen LogP contribution in [0.15, 0.2) is 6.33 Å². The van der Waals surface area contributed by atoms with Crippen LogP contribution in [0.4, 0.5) is 11.6 Å². The maximum absolute atomic E-state index is 9.20. The van der Waals surface area contributed by atoms with Gasteiger partial charge in [0, 0.05) is 18.7 Å². The lowest BCUT2D eigenvalue weighted by atomic mass is 10.2. The fraction of sp³-hybridized carbons (Fsp3) is 0.692. The van der Waals surface area contributed by atoms with Gasteiger partial charge < -0.3 is 15.7 Å². The summed E-state index contributed by atoms with van der Waals surface area (Å²) >= 11 is 0. The predicted molar refractivity (Wildman–Crippen MR) is 75.0 cm³/mol. The van der Waals surface area contributed by atoms with Crippen molar-refractivity contribution in [1.82, 2.24) is 9.97 Å². The lowest BCUT2D eigenvalue weighted by molar-refractivity contribution is 0.183. The third kappa shape index (κ3) is 4.49. The van der Waals surface area contributed by atoms with E-state index in [0.29, 0.717) is 0 Å². The molecule has 1 unspecified atom stereocenters. The normalized spacial score (nSPS) is 12.2. The smallest absolute Gasteiger partial charge is 0.134 e. The minimum absolute atomic E-state index is 0.236. The van der Waals surface area contributed by atoms with E-state index in [1.807, 2.05) is 6.92 Å². The Balaban J connectivity index is 2.61. The molecule has 0 bridgehead atoms. The van der Waals surface area contributed by atoms with Crippen molar-refractivity contribution in [3.8, 4) is 0 Å². The monoisotopic (exact) mass is 252 g/mol. The number of rotatable bonds is 8. The highest BCUT2D eigenvalue weighted by Gasteiger charge is 2.08. The van der Waals surface area contributed by atoms with Crippen LogP contribution in [0.25, 0.3) is 0 Å². The highest BCUT2D eigenvalue weighted by molar-refractivity contribution is 5.57. The van der Waals surface area contributed by atoms with Crippen LogP contribution in [0.5, 0.6) is 0 Å². The van der Waals surface area contributed by atoms with Crippen LogP contribution in [0.3, 0.4) is 0 Å². The first-order valence-electron chi connectivity index (χ1n) is 6.68. The minimum atomic E-state index is -0.236. The molecule has 102 valence electrons. The molecule has 3 N–H and O–H groups in total. The molecule has 1 atom stereocenters. The average Bonchev–Trinajstić information content (AvgIpc) is 2.35. The van der Waals surface area contributed by atoms with E-state index in [1.165, 1.54) is 0 Å². The van der Waals surface area contributed by atoms with Gasteiger partial charge in [0.25, 0.3) is 0 Å². The molecule has 0 aliphatic heterocycles. The summed E-state index contributed by atoms with van der Waals surface area (Å²) in [5, 5.41) is 15.8. The Kier molecular flexibility index (Phi) is 6.43. The molecule has 0 aliphatic rings. The summed E-state index contributed by atoms with van der Waals surface area (Å²) < 4.78 is 0. The van der Waals surface area contributed by atoms with E-state index in [-0.39, 0.29) is 6.10 Å². The first kappa shape index (κ1) is 14.7. The van der Waals surface area contributed by atoms with Crippen molar-refractivity contribution < 1.29 is 5.11 Å². The molecule has 5 nitrogen and oxygen atoms in total. The van der Waals surface area contributed by atoms with Gasteiger partial charge >= 0.3 is 0 Å². The van der Waals surface area contributed by atoms with Gasteiger partial charge in [-0.3, -0.25) is 0 Å². The van der Waals surface area contributed by atoms with Crippen LogP contribution in [0.2, 0.25) is 0 Å². The minimum Gasteiger partial charge on any atom is -0.393 e. The van der Waals surface area contributed by atoms with Crippen LogP contribution in [-0.4, -0.2) is 34.3 Å². The zero-order valence-electron chi connectivity index (χ0n) is 11.5. The summed E-state index contributed by atoms with van der Waals surface area (Å²) in [6.45, 7) is 7.63. The molecule has 0 amide bonds. The maximum Gasteiger partial charge on any atom is 0.134 e. The van der Waals surface area contributed by atoms with Crippen molar-refractivity contribution in [1.29, 1.82) is 0 Å². The molecule has 0 spiro atoms. The number of aliphatic hydroxyl groups excluding tert-OH is 1. The lowest BCUT2D eigenvalue weighted by Crippen LogP contribution is -2.11. The molecular formula is C13H24N4O. The van der Waals surface area contributed by atoms with Gasteiger partial charge in [-0.1, -0.05) is 6.92 Å². The van der Waals surface area contributed by atoms with Crippen molar-refractivity contribution in [3.63, 3.8) is 0 Å². The molecule has 1 aromatic rings. The van der Waals surface area contributed by atoms with Gasteiger partial charge in [0.1, 0.15) is 18.0 Å². The Morgan fingerprint density at radius 1 is 1.22 bits per heavy atom. The van der Waals surface area contributed by atoms with E-state index >= 15 is 0 Å². The summed E-state index contributed by atoms with van der Waals surface area (Å²) in [4.78, 5) is 8.54. The molecule has 5 heteroatoms. The van der Waals surface area contributed by atoms with Gasteiger partial charge in [0.2, 0.25) is 0 Å². The topological polar surface area (TPSA) is 70.1 Å². The number of hydrogen-bond donors (Lipinski definition) is 3. The summed E-state index contributed by atoms with van der Waals surface area (Å²) in [6, 6.07) is 0. The third-order valence-electron chi connectivity index (χ3n) is 2.73. The number of nitrogens with zero attached hydrogens (tertiary/aromatic N) is 2.